The lowest BCUT2D eigenvalue weighted by molar-refractivity contribution is -0.141. The molecule has 0 radical (unpaired) electrons. The number of piperidine rings is 1. The molecule has 1 N–H and O–H groups in total. The highest BCUT2D eigenvalue weighted by molar-refractivity contribution is 6.06. The van der Waals surface area contributed by atoms with Gasteiger partial charge in [0.05, 0.1) is 18.4 Å². The maximum atomic E-state index is 12.9. The molecular weight excluding hydrogens is 382 g/mol. The summed E-state index contributed by atoms with van der Waals surface area (Å²) in [7, 11) is 0. The number of amides is 1. The van der Waals surface area contributed by atoms with Gasteiger partial charge in [0, 0.05) is 37.7 Å². The van der Waals surface area contributed by atoms with Gasteiger partial charge >= 0.3 is 5.97 Å². The van der Waals surface area contributed by atoms with Crippen LogP contribution in [0.1, 0.15) is 56.3 Å². The second-order valence-corrected chi connectivity index (χ2v) is 9.34. The smallest absolute Gasteiger partial charge is 0.303 e. The van der Waals surface area contributed by atoms with Gasteiger partial charge in [0.15, 0.2) is 5.78 Å². The van der Waals surface area contributed by atoms with E-state index in [1.165, 1.54) is 0 Å². The van der Waals surface area contributed by atoms with Gasteiger partial charge in [0.1, 0.15) is 11.4 Å². The highest BCUT2D eigenvalue weighted by atomic mass is 16.5. The van der Waals surface area contributed by atoms with Gasteiger partial charge in [-0.3, -0.25) is 14.4 Å². The molecule has 1 saturated heterocycles. The molecule has 1 spiro atoms. The lowest BCUT2D eigenvalue weighted by atomic mass is 9.81. The van der Waals surface area contributed by atoms with Crippen LogP contribution in [0.2, 0.25) is 0 Å². The second kappa shape index (κ2) is 7.42. The number of Topliss-reactive ketones (excluding diaryl/α,β-unsaturated/α-hetero) is 1. The fourth-order valence-electron chi connectivity index (χ4n) is 4.65. The van der Waals surface area contributed by atoms with E-state index in [-0.39, 0.29) is 24.5 Å². The molecule has 158 valence electrons. The van der Waals surface area contributed by atoms with Crippen LogP contribution in [-0.2, 0) is 9.59 Å². The molecule has 4 rings (SSSR count). The maximum absolute atomic E-state index is 12.9. The summed E-state index contributed by atoms with van der Waals surface area (Å²) in [6, 6.07) is 11.7. The first-order chi connectivity index (χ1) is 14.2. The number of carboxylic acids is 1. The number of hydrogen-bond acceptors (Lipinski definition) is 4. The minimum Gasteiger partial charge on any atom is -0.485 e. The van der Waals surface area contributed by atoms with Crippen LogP contribution in [0.3, 0.4) is 0 Å². The monoisotopic (exact) mass is 409 g/mol. The summed E-state index contributed by atoms with van der Waals surface area (Å²) in [5.41, 5.74) is -0.539. The van der Waals surface area contributed by atoms with E-state index < -0.39 is 17.0 Å². The van der Waals surface area contributed by atoms with E-state index in [4.69, 9.17) is 9.84 Å². The van der Waals surface area contributed by atoms with E-state index in [9.17, 15) is 14.4 Å². The van der Waals surface area contributed by atoms with Crippen molar-refractivity contribution < 1.29 is 24.2 Å². The fraction of sp³-hybridized carbons (Fsp3) is 0.458. The molecule has 2 aromatic carbocycles. The van der Waals surface area contributed by atoms with Crippen molar-refractivity contribution in [3.8, 4) is 5.75 Å². The summed E-state index contributed by atoms with van der Waals surface area (Å²) in [5.74, 6) is -0.189. The Morgan fingerprint density at radius 3 is 2.50 bits per heavy atom. The predicted molar refractivity (Wildman–Crippen MR) is 113 cm³/mol. The number of carbonyl (C=O) groups excluding carboxylic acids is 2. The van der Waals surface area contributed by atoms with Gasteiger partial charge in [-0.15, -0.1) is 0 Å². The SMILES string of the molecule is CC(C)(CC(=O)O)CC(=O)N1CCC2(CC1)CC(=O)c1ccc3ccccc3c1O2. The van der Waals surface area contributed by atoms with Gasteiger partial charge < -0.3 is 14.7 Å². The van der Waals surface area contributed by atoms with Crippen LogP contribution in [0.4, 0.5) is 0 Å². The van der Waals surface area contributed by atoms with Crippen molar-refractivity contribution in [1.82, 2.24) is 4.90 Å². The van der Waals surface area contributed by atoms with Gasteiger partial charge in [0.2, 0.25) is 5.91 Å². The summed E-state index contributed by atoms with van der Waals surface area (Å²) >= 11 is 0. The third-order valence-electron chi connectivity index (χ3n) is 6.27. The summed E-state index contributed by atoms with van der Waals surface area (Å²) in [6.45, 7) is 4.62. The van der Waals surface area contributed by atoms with Crippen LogP contribution in [0, 0.1) is 5.41 Å². The molecule has 30 heavy (non-hydrogen) atoms. The first kappa shape index (κ1) is 20.4. The van der Waals surface area contributed by atoms with E-state index in [0.717, 1.165) is 10.8 Å². The highest BCUT2D eigenvalue weighted by Gasteiger charge is 2.44. The van der Waals surface area contributed by atoms with E-state index in [2.05, 4.69) is 0 Å². The third kappa shape index (κ3) is 3.91. The average Bonchev–Trinajstić information content (AvgIpc) is 2.67. The fourth-order valence-corrected chi connectivity index (χ4v) is 4.65. The maximum Gasteiger partial charge on any atom is 0.303 e. The molecule has 2 aliphatic heterocycles. The molecule has 2 aliphatic rings. The number of hydrogen-bond donors (Lipinski definition) is 1. The Bertz CT molecular complexity index is 1020. The summed E-state index contributed by atoms with van der Waals surface area (Å²) in [6.07, 6.45) is 1.65. The molecule has 6 heteroatoms. The molecule has 0 unspecified atom stereocenters. The second-order valence-electron chi connectivity index (χ2n) is 9.34. The Kier molecular flexibility index (Phi) is 5.04. The molecule has 0 bridgehead atoms. The summed E-state index contributed by atoms with van der Waals surface area (Å²) < 4.78 is 6.49. The number of carboxylic acid groups (broad SMARTS) is 1. The van der Waals surface area contributed by atoms with Gasteiger partial charge in [-0.2, -0.15) is 0 Å². The molecule has 2 heterocycles. The van der Waals surface area contributed by atoms with Crippen molar-refractivity contribution >= 4 is 28.4 Å². The van der Waals surface area contributed by atoms with Crippen molar-refractivity contribution in [3.05, 3.63) is 42.0 Å². The number of benzene rings is 2. The molecule has 6 nitrogen and oxygen atoms in total. The minimum atomic E-state index is -0.898. The van der Waals surface area contributed by atoms with Crippen molar-refractivity contribution in [2.45, 2.75) is 51.6 Å². The van der Waals surface area contributed by atoms with E-state index in [0.29, 0.717) is 43.7 Å². The average molecular weight is 409 g/mol. The van der Waals surface area contributed by atoms with Crippen LogP contribution in [0.15, 0.2) is 36.4 Å². The summed E-state index contributed by atoms with van der Waals surface area (Å²) in [5, 5.41) is 11.0. The van der Waals surface area contributed by atoms with Crippen LogP contribution in [0.25, 0.3) is 10.8 Å². The summed E-state index contributed by atoms with van der Waals surface area (Å²) in [4.78, 5) is 38.4. The number of fused-ring (bicyclic) bond motifs is 3. The number of rotatable bonds is 4. The van der Waals surface area contributed by atoms with Gasteiger partial charge in [-0.25, -0.2) is 0 Å². The molecule has 0 atom stereocenters. The van der Waals surface area contributed by atoms with Gasteiger partial charge in [-0.1, -0.05) is 44.2 Å². The zero-order valence-corrected chi connectivity index (χ0v) is 17.4. The number of ether oxygens (including phenoxy) is 1. The topological polar surface area (TPSA) is 83.9 Å². The Hall–Kier alpha value is -2.89. The predicted octanol–water partition coefficient (Wildman–Crippen LogP) is 4.06. The van der Waals surface area contributed by atoms with Crippen LogP contribution >= 0.6 is 0 Å². The Morgan fingerprint density at radius 1 is 1.10 bits per heavy atom. The zero-order chi connectivity index (χ0) is 21.5. The number of carbonyl (C=O) groups is 3. The Morgan fingerprint density at radius 2 is 1.80 bits per heavy atom. The largest absolute Gasteiger partial charge is 0.485 e. The van der Waals surface area contributed by atoms with Crippen molar-refractivity contribution in [2.75, 3.05) is 13.1 Å². The van der Waals surface area contributed by atoms with E-state index in [1.807, 2.05) is 36.4 Å². The number of nitrogens with zero attached hydrogens (tertiary/aromatic N) is 1. The van der Waals surface area contributed by atoms with E-state index >= 15 is 0 Å². The van der Waals surface area contributed by atoms with Crippen molar-refractivity contribution in [3.63, 3.8) is 0 Å². The molecular formula is C24H27NO5. The van der Waals surface area contributed by atoms with Crippen LogP contribution in [0.5, 0.6) is 5.75 Å². The number of likely N-dealkylation sites (tertiary alicyclic amines) is 1. The quantitative estimate of drug-likeness (QED) is 0.823. The molecule has 0 aromatic heterocycles. The standard InChI is InChI=1S/C24H27NO5/c1-23(2,15-21(28)29)14-20(27)25-11-9-24(10-12-25)13-19(26)18-8-7-16-5-3-4-6-17(16)22(18)30-24/h3-8H,9-15H2,1-2H3,(H,28,29). The minimum absolute atomic E-state index is 0.0379. The first-order valence-electron chi connectivity index (χ1n) is 10.4. The van der Waals surface area contributed by atoms with Crippen LogP contribution in [-0.4, -0.2) is 46.4 Å². The van der Waals surface area contributed by atoms with Gasteiger partial charge in [-0.05, 0) is 16.9 Å². The molecule has 2 aromatic rings. The van der Waals surface area contributed by atoms with Crippen molar-refractivity contribution in [2.24, 2.45) is 5.41 Å². The van der Waals surface area contributed by atoms with Crippen LogP contribution < -0.4 is 4.74 Å². The molecule has 1 fully saturated rings. The lowest BCUT2D eigenvalue weighted by Gasteiger charge is -2.44. The highest BCUT2D eigenvalue weighted by Crippen LogP contribution is 2.43. The zero-order valence-electron chi connectivity index (χ0n) is 17.4. The first-order valence-corrected chi connectivity index (χ1v) is 10.4. The Balaban J connectivity index is 1.49. The molecule has 1 amide bonds. The Labute approximate surface area is 175 Å². The molecule has 0 aliphatic carbocycles. The third-order valence-corrected chi connectivity index (χ3v) is 6.27. The normalized spacial score (nSPS) is 18.2. The van der Waals surface area contributed by atoms with Gasteiger partial charge in [0.25, 0.3) is 0 Å². The van der Waals surface area contributed by atoms with Crippen molar-refractivity contribution in [1.29, 1.82) is 0 Å². The number of ketones is 1. The lowest BCUT2D eigenvalue weighted by Crippen LogP contribution is -2.52. The van der Waals surface area contributed by atoms with E-state index in [1.54, 1.807) is 18.7 Å². The number of aliphatic carboxylic acids is 1. The molecule has 0 saturated carbocycles.